The van der Waals surface area contributed by atoms with Crippen LogP contribution in [0.2, 0.25) is 5.02 Å². The molecule has 0 amide bonds. The van der Waals surface area contributed by atoms with E-state index in [4.69, 9.17) is 16.7 Å². The van der Waals surface area contributed by atoms with Crippen LogP contribution in [0, 0.1) is 6.92 Å². The molecule has 10 heteroatoms. The number of hydrogen-bond donors (Lipinski definition) is 3. The van der Waals surface area contributed by atoms with Crippen LogP contribution >= 0.6 is 34.3 Å². The van der Waals surface area contributed by atoms with E-state index >= 15 is 0 Å². The van der Waals surface area contributed by atoms with E-state index in [9.17, 15) is 5.11 Å². The van der Waals surface area contributed by atoms with Crippen LogP contribution < -0.4 is 5.32 Å². The van der Waals surface area contributed by atoms with Crippen molar-refractivity contribution in [3.63, 3.8) is 0 Å². The van der Waals surface area contributed by atoms with Gasteiger partial charge in [-0.05, 0) is 6.92 Å². The summed E-state index contributed by atoms with van der Waals surface area (Å²) in [5.74, 6) is 0. The SMILES string of the molecule is Cc1nc(CO)sc1-c1csc(NC(O)Cn2cc(Cl)cn2)n1. The first-order valence-corrected chi connectivity index (χ1v) is 8.78. The van der Waals surface area contributed by atoms with E-state index in [1.54, 1.807) is 10.9 Å². The highest BCUT2D eigenvalue weighted by atomic mass is 35.5. The summed E-state index contributed by atoms with van der Waals surface area (Å²) in [6, 6.07) is 0. The molecule has 0 bridgehead atoms. The normalized spacial score (nSPS) is 12.5. The summed E-state index contributed by atoms with van der Waals surface area (Å²) >= 11 is 8.59. The van der Waals surface area contributed by atoms with Crippen molar-refractivity contribution < 1.29 is 10.2 Å². The van der Waals surface area contributed by atoms with Crippen molar-refractivity contribution in [3.05, 3.63) is 33.5 Å². The number of aliphatic hydroxyl groups excluding tert-OH is 2. The van der Waals surface area contributed by atoms with Crippen molar-refractivity contribution in [2.24, 2.45) is 0 Å². The maximum absolute atomic E-state index is 10.1. The Labute approximate surface area is 145 Å². The molecule has 3 heterocycles. The Hall–Kier alpha value is -1.52. The standard InChI is InChI=1S/C13H14ClN5O2S2/c1-7-12(23-11(5-20)16-7)9-6-22-13(17-9)18-10(21)4-19-3-8(14)2-15-19/h2-3,6,10,20-21H,4-5H2,1H3,(H,17,18). The highest BCUT2D eigenvalue weighted by molar-refractivity contribution is 7.16. The molecule has 0 fully saturated rings. The summed E-state index contributed by atoms with van der Waals surface area (Å²) in [7, 11) is 0. The van der Waals surface area contributed by atoms with Gasteiger partial charge in [0, 0.05) is 11.6 Å². The lowest BCUT2D eigenvalue weighted by Crippen LogP contribution is -2.25. The largest absolute Gasteiger partial charge is 0.389 e. The third kappa shape index (κ3) is 3.88. The molecule has 3 aromatic rings. The number of rotatable bonds is 6. The van der Waals surface area contributed by atoms with Crippen molar-refractivity contribution in [3.8, 4) is 10.6 Å². The van der Waals surface area contributed by atoms with Gasteiger partial charge in [-0.2, -0.15) is 5.10 Å². The molecule has 0 aromatic carbocycles. The molecule has 0 aliphatic carbocycles. The van der Waals surface area contributed by atoms with Gasteiger partial charge in [0.1, 0.15) is 11.2 Å². The van der Waals surface area contributed by atoms with Crippen molar-refractivity contribution in [1.82, 2.24) is 19.7 Å². The first kappa shape index (κ1) is 16.3. The zero-order valence-electron chi connectivity index (χ0n) is 12.1. The molecule has 0 saturated carbocycles. The van der Waals surface area contributed by atoms with E-state index in [0.29, 0.717) is 15.2 Å². The van der Waals surface area contributed by atoms with E-state index < -0.39 is 6.23 Å². The van der Waals surface area contributed by atoms with Crippen LogP contribution in [0.1, 0.15) is 10.7 Å². The molecule has 3 aromatic heterocycles. The Kier molecular flexibility index (Phi) is 4.93. The van der Waals surface area contributed by atoms with Crippen LogP contribution in [0.5, 0.6) is 0 Å². The van der Waals surface area contributed by atoms with Gasteiger partial charge in [0.25, 0.3) is 0 Å². The number of anilines is 1. The molecule has 0 aliphatic rings. The molecule has 1 atom stereocenters. The summed E-state index contributed by atoms with van der Waals surface area (Å²) in [4.78, 5) is 9.65. The number of nitrogens with zero attached hydrogens (tertiary/aromatic N) is 4. The smallest absolute Gasteiger partial charge is 0.185 e. The molecule has 7 nitrogen and oxygen atoms in total. The fourth-order valence-corrected chi connectivity index (χ4v) is 3.87. The number of hydrogen-bond acceptors (Lipinski definition) is 8. The topological polar surface area (TPSA) is 96.1 Å². The number of aliphatic hydroxyl groups is 2. The van der Waals surface area contributed by atoms with E-state index in [1.165, 1.54) is 28.9 Å². The van der Waals surface area contributed by atoms with Gasteiger partial charge in [0.15, 0.2) is 5.13 Å². The lowest BCUT2D eigenvalue weighted by atomic mass is 10.3. The molecule has 0 radical (unpaired) electrons. The van der Waals surface area contributed by atoms with Gasteiger partial charge in [0.2, 0.25) is 0 Å². The fraction of sp³-hybridized carbons (Fsp3) is 0.308. The predicted octanol–water partition coefficient (Wildman–Crippen LogP) is 2.35. The minimum atomic E-state index is -0.833. The number of aryl methyl sites for hydroxylation is 1. The lowest BCUT2D eigenvalue weighted by Gasteiger charge is -2.11. The van der Waals surface area contributed by atoms with Crippen molar-refractivity contribution in [1.29, 1.82) is 0 Å². The summed E-state index contributed by atoms with van der Waals surface area (Å²) in [5.41, 5.74) is 1.61. The number of aromatic nitrogens is 4. The van der Waals surface area contributed by atoms with E-state index in [1.807, 2.05) is 12.3 Å². The molecule has 1 unspecified atom stereocenters. The van der Waals surface area contributed by atoms with Gasteiger partial charge >= 0.3 is 0 Å². The molecule has 0 saturated heterocycles. The monoisotopic (exact) mass is 371 g/mol. The molecular formula is C13H14ClN5O2S2. The second kappa shape index (κ2) is 6.93. The molecule has 0 spiro atoms. The lowest BCUT2D eigenvalue weighted by molar-refractivity contribution is 0.177. The average Bonchev–Trinajstić information content (AvgIpc) is 3.20. The highest BCUT2D eigenvalue weighted by Crippen LogP contribution is 2.32. The van der Waals surface area contributed by atoms with Gasteiger partial charge in [-0.15, -0.1) is 22.7 Å². The number of halogens is 1. The molecule has 122 valence electrons. The van der Waals surface area contributed by atoms with Crippen LogP contribution in [0.3, 0.4) is 0 Å². The van der Waals surface area contributed by atoms with Gasteiger partial charge in [-0.25, -0.2) is 9.97 Å². The van der Waals surface area contributed by atoms with Crippen LogP contribution in [-0.4, -0.2) is 36.2 Å². The van der Waals surface area contributed by atoms with Crippen LogP contribution in [0.25, 0.3) is 10.6 Å². The maximum atomic E-state index is 10.1. The minimum absolute atomic E-state index is 0.0775. The zero-order chi connectivity index (χ0) is 16.4. The van der Waals surface area contributed by atoms with E-state index in [0.717, 1.165) is 16.3 Å². The highest BCUT2D eigenvalue weighted by Gasteiger charge is 2.14. The van der Waals surface area contributed by atoms with Gasteiger partial charge in [-0.1, -0.05) is 11.6 Å². The van der Waals surface area contributed by atoms with Crippen LogP contribution in [0.4, 0.5) is 5.13 Å². The summed E-state index contributed by atoms with van der Waals surface area (Å²) in [6.45, 7) is 2.06. The number of nitrogens with one attached hydrogen (secondary N) is 1. The van der Waals surface area contributed by atoms with Gasteiger partial charge in [-0.3, -0.25) is 4.68 Å². The fourth-order valence-electron chi connectivity index (χ4n) is 2.01. The molecular weight excluding hydrogens is 358 g/mol. The third-order valence-corrected chi connectivity index (χ3v) is 5.10. The first-order valence-electron chi connectivity index (χ1n) is 6.71. The van der Waals surface area contributed by atoms with Crippen LogP contribution in [0.15, 0.2) is 17.8 Å². The predicted molar refractivity (Wildman–Crippen MR) is 90.7 cm³/mol. The minimum Gasteiger partial charge on any atom is -0.389 e. The Morgan fingerprint density at radius 1 is 1.43 bits per heavy atom. The summed E-state index contributed by atoms with van der Waals surface area (Å²) < 4.78 is 1.55. The average molecular weight is 372 g/mol. The summed E-state index contributed by atoms with van der Waals surface area (Å²) in [6.07, 6.45) is 2.32. The Morgan fingerprint density at radius 2 is 2.26 bits per heavy atom. The van der Waals surface area contributed by atoms with Gasteiger partial charge in [0.05, 0.1) is 40.6 Å². The Balaban J connectivity index is 1.68. The zero-order valence-corrected chi connectivity index (χ0v) is 14.5. The van der Waals surface area contributed by atoms with Crippen molar-refractivity contribution in [2.75, 3.05) is 5.32 Å². The first-order chi connectivity index (χ1) is 11.0. The maximum Gasteiger partial charge on any atom is 0.185 e. The summed E-state index contributed by atoms with van der Waals surface area (Å²) in [5, 5.41) is 29.8. The van der Waals surface area contributed by atoms with E-state index in [2.05, 4.69) is 20.4 Å². The Bertz CT molecular complexity index is 800. The van der Waals surface area contributed by atoms with Crippen molar-refractivity contribution in [2.45, 2.75) is 26.3 Å². The molecule has 0 aliphatic heterocycles. The van der Waals surface area contributed by atoms with Crippen LogP contribution in [-0.2, 0) is 13.2 Å². The number of thiazole rings is 2. The molecule has 23 heavy (non-hydrogen) atoms. The quantitative estimate of drug-likeness (QED) is 0.575. The molecule has 3 rings (SSSR count). The van der Waals surface area contributed by atoms with Crippen molar-refractivity contribution >= 4 is 39.4 Å². The second-order valence-corrected chi connectivity index (χ2v) is 7.14. The van der Waals surface area contributed by atoms with Gasteiger partial charge < -0.3 is 15.5 Å². The van der Waals surface area contributed by atoms with E-state index in [-0.39, 0.29) is 13.2 Å². The third-order valence-electron chi connectivity index (χ3n) is 2.96. The molecule has 3 N–H and O–H groups in total. The Morgan fingerprint density at radius 3 is 2.91 bits per heavy atom. The second-order valence-electron chi connectivity index (χ2n) is 4.76.